The van der Waals surface area contributed by atoms with Crippen molar-refractivity contribution < 1.29 is 14.3 Å². The smallest absolute Gasteiger partial charge is 0.205 e. The SMILES string of the molecule is CCn1ncc(Br)c1C(=O)/C=C/c1ccc(OC)c(COc2ccc(Cl)cc2Br)c1. The topological polar surface area (TPSA) is 53.4 Å². The molecule has 0 aliphatic heterocycles. The van der Waals surface area contributed by atoms with Gasteiger partial charge in [0.05, 0.1) is 22.3 Å². The molecule has 0 amide bonds. The summed E-state index contributed by atoms with van der Waals surface area (Å²) in [4.78, 5) is 12.6. The zero-order valence-electron chi connectivity index (χ0n) is 16.4. The predicted octanol–water partition coefficient (Wildman–Crippen LogP) is 6.57. The Labute approximate surface area is 196 Å². The van der Waals surface area contributed by atoms with E-state index in [1.165, 1.54) is 6.08 Å². The van der Waals surface area contributed by atoms with E-state index in [9.17, 15) is 4.79 Å². The van der Waals surface area contributed by atoms with Gasteiger partial charge < -0.3 is 9.47 Å². The highest BCUT2D eigenvalue weighted by Crippen LogP contribution is 2.30. The third-order valence-corrected chi connectivity index (χ3v) is 5.77. The lowest BCUT2D eigenvalue weighted by atomic mass is 10.1. The number of aryl methyl sites for hydroxylation is 1. The van der Waals surface area contributed by atoms with Gasteiger partial charge in [0.1, 0.15) is 23.8 Å². The second kappa shape index (κ2) is 10.3. The van der Waals surface area contributed by atoms with Crippen LogP contribution in [-0.4, -0.2) is 22.7 Å². The summed E-state index contributed by atoms with van der Waals surface area (Å²) in [6.45, 7) is 2.85. The maximum absolute atomic E-state index is 12.6. The van der Waals surface area contributed by atoms with E-state index in [4.69, 9.17) is 21.1 Å². The molecule has 0 aliphatic carbocycles. The van der Waals surface area contributed by atoms with Crippen LogP contribution >= 0.6 is 43.5 Å². The van der Waals surface area contributed by atoms with Crippen LogP contribution in [0, 0.1) is 0 Å². The van der Waals surface area contributed by atoms with Gasteiger partial charge in [-0.1, -0.05) is 23.7 Å². The van der Waals surface area contributed by atoms with Crippen LogP contribution in [0.5, 0.6) is 11.5 Å². The van der Waals surface area contributed by atoms with Crippen molar-refractivity contribution in [2.24, 2.45) is 0 Å². The van der Waals surface area contributed by atoms with Crippen LogP contribution in [0.25, 0.3) is 6.08 Å². The van der Waals surface area contributed by atoms with Gasteiger partial charge in [-0.2, -0.15) is 5.10 Å². The molecule has 0 radical (unpaired) electrons. The van der Waals surface area contributed by atoms with Crippen molar-refractivity contribution in [2.75, 3.05) is 7.11 Å². The van der Waals surface area contributed by atoms with Crippen molar-refractivity contribution in [3.63, 3.8) is 0 Å². The fraction of sp³-hybridized carbons (Fsp3) is 0.182. The van der Waals surface area contributed by atoms with E-state index in [0.717, 1.165) is 15.6 Å². The lowest BCUT2D eigenvalue weighted by molar-refractivity contribution is 0.103. The normalized spacial score (nSPS) is 11.1. The first-order chi connectivity index (χ1) is 14.4. The van der Waals surface area contributed by atoms with Gasteiger partial charge >= 0.3 is 0 Å². The summed E-state index contributed by atoms with van der Waals surface area (Å²) in [7, 11) is 1.61. The van der Waals surface area contributed by atoms with Gasteiger partial charge in [0.15, 0.2) is 0 Å². The number of methoxy groups -OCH3 is 1. The molecule has 0 saturated heterocycles. The van der Waals surface area contributed by atoms with Crippen molar-refractivity contribution >= 4 is 55.3 Å². The van der Waals surface area contributed by atoms with Crippen LogP contribution in [-0.2, 0) is 13.2 Å². The van der Waals surface area contributed by atoms with Crippen LogP contribution in [0.15, 0.2) is 57.6 Å². The standard InChI is InChI=1S/C22H19Br2ClN2O3/c1-3-27-22(18(24)12-26-27)19(28)7-4-14-5-8-20(29-2)15(10-14)13-30-21-9-6-16(25)11-17(21)23/h4-12H,3,13H2,1-2H3/b7-4+. The molecule has 2 aromatic carbocycles. The van der Waals surface area contributed by atoms with Crippen LogP contribution in [0.3, 0.4) is 0 Å². The Morgan fingerprint density at radius 2 is 1.93 bits per heavy atom. The second-order valence-corrected chi connectivity index (χ2v) is 8.43. The summed E-state index contributed by atoms with van der Waals surface area (Å²) in [6, 6.07) is 11.0. The van der Waals surface area contributed by atoms with Gasteiger partial charge in [-0.05, 0) is 80.8 Å². The number of carbonyl (C=O) groups is 1. The molecule has 3 rings (SSSR count). The summed E-state index contributed by atoms with van der Waals surface area (Å²) in [5.41, 5.74) is 2.24. The number of hydrogen-bond donors (Lipinski definition) is 0. The molecule has 0 bridgehead atoms. The van der Waals surface area contributed by atoms with Crippen LogP contribution < -0.4 is 9.47 Å². The van der Waals surface area contributed by atoms with Gasteiger partial charge in [0.25, 0.3) is 0 Å². The molecule has 156 valence electrons. The summed E-state index contributed by atoms with van der Waals surface area (Å²) in [5, 5.41) is 4.81. The minimum Gasteiger partial charge on any atom is -0.496 e. The largest absolute Gasteiger partial charge is 0.496 e. The second-order valence-electron chi connectivity index (χ2n) is 6.29. The molecule has 0 fully saturated rings. The zero-order valence-corrected chi connectivity index (χ0v) is 20.3. The highest BCUT2D eigenvalue weighted by atomic mass is 79.9. The number of nitrogens with zero attached hydrogens (tertiary/aromatic N) is 2. The molecule has 0 unspecified atom stereocenters. The molecule has 0 aliphatic rings. The maximum atomic E-state index is 12.6. The van der Waals surface area contributed by atoms with Crippen molar-refractivity contribution in [3.05, 3.63) is 79.5 Å². The van der Waals surface area contributed by atoms with Crippen molar-refractivity contribution in [1.29, 1.82) is 0 Å². The Balaban J connectivity index is 1.79. The molecule has 8 heteroatoms. The number of benzene rings is 2. The predicted molar refractivity (Wildman–Crippen MR) is 125 cm³/mol. The van der Waals surface area contributed by atoms with E-state index in [0.29, 0.717) is 39.8 Å². The number of ketones is 1. The summed E-state index contributed by atoms with van der Waals surface area (Å²) in [6.07, 6.45) is 4.93. The molecule has 0 atom stereocenters. The van der Waals surface area contributed by atoms with Crippen molar-refractivity contribution in [3.8, 4) is 11.5 Å². The lowest BCUT2D eigenvalue weighted by Gasteiger charge is -2.12. The molecule has 0 saturated carbocycles. The minimum atomic E-state index is -0.125. The third kappa shape index (κ3) is 5.33. The van der Waals surface area contributed by atoms with E-state index in [1.807, 2.05) is 25.1 Å². The monoisotopic (exact) mass is 552 g/mol. The maximum Gasteiger partial charge on any atom is 0.205 e. The summed E-state index contributed by atoms with van der Waals surface area (Å²) >= 11 is 12.8. The molecule has 1 heterocycles. The molecule has 30 heavy (non-hydrogen) atoms. The molecular formula is C22H19Br2ClN2O3. The van der Waals surface area contributed by atoms with Gasteiger partial charge in [-0.3, -0.25) is 9.48 Å². The number of hydrogen-bond acceptors (Lipinski definition) is 4. The number of rotatable bonds is 8. The Kier molecular flexibility index (Phi) is 7.75. The van der Waals surface area contributed by atoms with Crippen LogP contribution in [0.2, 0.25) is 5.02 Å². The average Bonchev–Trinajstić information content (AvgIpc) is 3.12. The van der Waals surface area contributed by atoms with E-state index in [2.05, 4.69) is 37.0 Å². The van der Waals surface area contributed by atoms with Gasteiger partial charge in [0, 0.05) is 17.1 Å². The number of halogens is 3. The Morgan fingerprint density at radius 3 is 2.63 bits per heavy atom. The summed E-state index contributed by atoms with van der Waals surface area (Å²) in [5.74, 6) is 1.26. The van der Waals surface area contributed by atoms with Crippen LogP contribution in [0.4, 0.5) is 0 Å². The quantitative estimate of drug-likeness (QED) is 0.234. The third-order valence-electron chi connectivity index (χ3n) is 4.34. The number of carbonyl (C=O) groups excluding carboxylic acids is 1. The Bertz CT molecular complexity index is 1100. The Morgan fingerprint density at radius 1 is 1.17 bits per heavy atom. The highest BCUT2D eigenvalue weighted by Gasteiger charge is 2.14. The van der Waals surface area contributed by atoms with E-state index in [1.54, 1.807) is 42.3 Å². The van der Waals surface area contributed by atoms with Crippen molar-refractivity contribution in [1.82, 2.24) is 9.78 Å². The van der Waals surface area contributed by atoms with E-state index in [-0.39, 0.29) is 5.78 Å². The average molecular weight is 555 g/mol. The Hall–Kier alpha value is -2.09. The molecule has 1 aromatic heterocycles. The fourth-order valence-corrected chi connectivity index (χ4v) is 4.15. The van der Waals surface area contributed by atoms with Gasteiger partial charge in [0.2, 0.25) is 5.78 Å². The zero-order chi connectivity index (χ0) is 21.7. The van der Waals surface area contributed by atoms with Crippen LogP contribution in [0.1, 0.15) is 28.5 Å². The van der Waals surface area contributed by atoms with Gasteiger partial charge in [-0.15, -0.1) is 0 Å². The number of aromatic nitrogens is 2. The van der Waals surface area contributed by atoms with E-state index >= 15 is 0 Å². The number of allylic oxidation sites excluding steroid dienone is 1. The number of ether oxygens (including phenoxy) is 2. The highest BCUT2D eigenvalue weighted by molar-refractivity contribution is 9.10. The molecule has 0 N–H and O–H groups in total. The molecule has 0 spiro atoms. The first-order valence-electron chi connectivity index (χ1n) is 9.11. The summed E-state index contributed by atoms with van der Waals surface area (Å²) < 4.78 is 14.5. The van der Waals surface area contributed by atoms with Crippen molar-refractivity contribution in [2.45, 2.75) is 20.1 Å². The van der Waals surface area contributed by atoms with E-state index < -0.39 is 0 Å². The molecule has 5 nitrogen and oxygen atoms in total. The van der Waals surface area contributed by atoms with Gasteiger partial charge in [-0.25, -0.2) is 0 Å². The molecule has 3 aromatic rings. The first kappa shape index (κ1) is 22.6. The molecular weight excluding hydrogens is 536 g/mol. The lowest BCUT2D eigenvalue weighted by Crippen LogP contribution is -2.07. The fourth-order valence-electron chi connectivity index (χ4n) is 2.86. The minimum absolute atomic E-state index is 0.125. The first-order valence-corrected chi connectivity index (χ1v) is 11.1.